The lowest BCUT2D eigenvalue weighted by molar-refractivity contribution is -0.131. The van der Waals surface area contributed by atoms with Crippen LogP contribution in [0.1, 0.15) is 25.0 Å². The molecule has 0 unspecified atom stereocenters. The van der Waals surface area contributed by atoms with Gasteiger partial charge in [0.05, 0.1) is 12.2 Å². The minimum atomic E-state index is 0.215. The molecular weight excluding hydrogens is 216 g/mol. The van der Waals surface area contributed by atoms with Crippen molar-refractivity contribution in [2.45, 2.75) is 25.8 Å². The van der Waals surface area contributed by atoms with Crippen molar-refractivity contribution in [2.75, 3.05) is 19.6 Å². The Morgan fingerprint density at radius 3 is 2.82 bits per heavy atom. The number of nitrogens with zero attached hydrogens (tertiary/aromatic N) is 3. The SMILES string of the molecule is Cn1nccc1CNCC(=O)N1CCCCC1. The number of likely N-dealkylation sites (tertiary alicyclic amines) is 1. The van der Waals surface area contributed by atoms with Gasteiger partial charge in [0.25, 0.3) is 0 Å². The van der Waals surface area contributed by atoms with Crippen LogP contribution >= 0.6 is 0 Å². The smallest absolute Gasteiger partial charge is 0.236 e. The van der Waals surface area contributed by atoms with Crippen LogP contribution in [-0.2, 0) is 18.4 Å². The Balaban J connectivity index is 1.71. The highest BCUT2D eigenvalue weighted by Crippen LogP contribution is 2.08. The highest BCUT2D eigenvalue weighted by Gasteiger charge is 2.15. The van der Waals surface area contributed by atoms with Crippen LogP contribution in [0.2, 0.25) is 0 Å². The van der Waals surface area contributed by atoms with Crippen molar-refractivity contribution in [3.63, 3.8) is 0 Å². The van der Waals surface area contributed by atoms with Crippen LogP contribution < -0.4 is 5.32 Å². The highest BCUT2D eigenvalue weighted by atomic mass is 16.2. The summed E-state index contributed by atoms with van der Waals surface area (Å²) in [5.41, 5.74) is 1.09. The van der Waals surface area contributed by atoms with Gasteiger partial charge in [-0.2, -0.15) is 5.10 Å². The summed E-state index contributed by atoms with van der Waals surface area (Å²) < 4.78 is 1.82. The van der Waals surface area contributed by atoms with Crippen molar-refractivity contribution in [2.24, 2.45) is 7.05 Å². The van der Waals surface area contributed by atoms with E-state index < -0.39 is 0 Å². The van der Waals surface area contributed by atoms with Gasteiger partial charge in [0, 0.05) is 32.9 Å². The highest BCUT2D eigenvalue weighted by molar-refractivity contribution is 5.78. The number of carbonyl (C=O) groups is 1. The fraction of sp³-hybridized carbons (Fsp3) is 0.667. The summed E-state index contributed by atoms with van der Waals surface area (Å²) in [5, 5.41) is 7.26. The molecule has 5 heteroatoms. The lowest BCUT2D eigenvalue weighted by Gasteiger charge is -2.26. The van der Waals surface area contributed by atoms with Gasteiger partial charge in [-0.25, -0.2) is 0 Å². The molecule has 0 saturated carbocycles. The third-order valence-electron chi connectivity index (χ3n) is 3.21. The van der Waals surface area contributed by atoms with Crippen molar-refractivity contribution in [3.05, 3.63) is 18.0 Å². The molecule has 1 amide bonds. The second-order valence-corrected chi connectivity index (χ2v) is 4.49. The lowest BCUT2D eigenvalue weighted by Crippen LogP contribution is -2.41. The molecule has 1 N–H and O–H groups in total. The first kappa shape index (κ1) is 12.1. The number of aromatic nitrogens is 2. The number of hydrogen-bond donors (Lipinski definition) is 1. The molecule has 2 heterocycles. The van der Waals surface area contributed by atoms with E-state index in [0.717, 1.165) is 31.6 Å². The molecule has 1 aliphatic rings. The summed E-state index contributed by atoms with van der Waals surface area (Å²) >= 11 is 0. The molecule has 1 saturated heterocycles. The standard InChI is InChI=1S/C12H20N4O/c1-15-11(5-6-14-15)9-13-10-12(17)16-7-3-2-4-8-16/h5-6,13H,2-4,7-10H2,1H3. The second kappa shape index (κ2) is 5.82. The molecule has 17 heavy (non-hydrogen) atoms. The molecule has 1 aromatic rings. The Morgan fingerprint density at radius 2 is 2.18 bits per heavy atom. The van der Waals surface area contributed by atoms with Crippen molar-refractivity contribution in [1.29, 1.82) is 0 Å². The Labute approximate surface area is 102 Å². The zero-order chi connectivity index (χ0) is 12.1. The maximum absolute atomic E-state index is 11.9. The molecular formula is C12H20N4O. The summed E-state index contributed by atoms with van der Waals surface area (Å²) in [5.74, 6) is 0.215. The van der Waals surface area contributed by atoms with Crippen LogP contribution in [0.4, 0.5) is 0 Å². The van der Waals surface area contributed by atoms with Gasteiger partial charge in [-0.3, -0.25) is 9.48 Å². The number of aryl methyl sites for hydroxylation is 1. The molecule has 1 fully saturated rings. The molecule has 0 atom stereocenters. The Hall–Kier alpha value is -1.36. The van der Waals surface area contributed by atoms with E-state index in [1.165, 1.54) is 6.42 Å². The normalized spacial score (nSPS) is 16.2. The van der Waals surface area contributed by atoms with Gasteiger partial charge in [-0.1, -0.05) is 0 Å². The number of carbonyl (C=O) groups excluding carboxylic acids is 1. The van der Waals surface area contributed by atoms with Crippen LogP contribution in [0.3, 0.4) is 0 Å². The molecule has 0 aromatic carbocycles. The number of hydrogen-bond acceptors (Lipinski definition) is 3. The summed E-state index contributed by atoms with van der Waals surface area (Å²) in [6.45, 7) is 2.96. The van der Waals surface area contributed by atoms with Gasteiger partial charge in [-0.15, -0.1) is 0 Å². The van der Waals surface area contributed by atoms with Gasteiger partial charge in [0.15, 0.2) is 0 Å². The number of amides is 1. The number of rotatable bonds is 4. The Bertz CT molecular complexity index is 368. The lowest BCUT2D eigenvalue weighted by atomic mass is 10.1. The molecule has 5 nitrogen and oxygen atoms in total. The fourth-order valence-corrected chi connectivity index (χ4v) is 2.13. The van der Waals surface area contributed by atoms with Gasteiger partial charge < -0.3 is 10.2 Å². The van der Waals surface area contributed by atoms with E-state index in [2.05, 4.69) is 10.4 Å². The zero-order valence-corrected chi connectivity index (χ0v) is 10.4. The minimum Gasteiger partial charge on any atom is -0.342 e. The molecule has 0 bridgehead atoms. The first-order valence-electron chi connectivity index (χ1n) is 6.23. The van der Waals surface area contributed by atoms with E-state index in [0.29, 0.717) is 13.1 Å². The predicted molar refractivity (Wildman–Crippen MR) is 65.3 cm³/mol. The Kier molecular flexibility index (Phi) is 4.14. The number of nitrogens with one attached hydrogen (secondary N) is 1. The quantitative estimate of drug-likeness (QED) is 0.829. The summed E-state index contributed by atoms with van der Waals surface area (Å²) in [4.78, 5) is 13.8. The van der Waals surface area contributed by atoms with Crippen LogP contribution in [0, 0.1) is 0 Å². The van der Waals surface area contributed by atoms with E-state index in [9.17, 15) is 4.79 Å². The summed E-state index contributed by atoms with van der Waals surface area (Å²) in [7, 11) is 1.91. The topological polar surface area (TPSA) is 50.2 Å². The van der Waals surface area contributed by atoms with E-state index in [-0.39, 0.29) is 5.91 Å². The van der Waals surface area contributed by atoms with Crippen molar-refractivity contribution in [1.82, 2.24) is 20.0 Å². The monoisotopic (exact) mass is 236 g/mol. The molecule has 0 spiro atoms. The second-order valence-electron chi connectivity index (χ2n) is 4.49. The molecule has 0 radical (unpaired) electrons. The predicted octanol–water partition coefficient (Wildman–Crippen LogP) is 0.522. The van der Waals surface area contributed by atoms with Crippen LogP contribution in [0.5, 0.6) is 0 Å². The molecule has 94 valence electrons. The average molecular weight is 236 g/mol. The van der Waals surface area contributed by atoms with Gasteiger partial charge in [-0.05, 0) is 25.3 Å². The first-order valence-corrected chi connectivity index (χ1v) is 6.23. The maximum atomic E-state index is 11.9. The van der Waals surface area contributed by atoms with Crippen LogP contribution in [0.15, 0.2) is 12.3 Å². The maximum Gasteiger partial charge on any atom is 0.236 e. The van der Waals surface area contributed by atoms with Crippen LogP contribution in [0.25, 0.3) is 0 Å². The van der Waals surface area contributed by atoms with Gasteiger partial charge in [0.2, 0.25) is 5.91 Å². The molecule has 1 aromatic heterocycles. The van der Waals surface area contributed by atoms with E-state index in [1.54, 1.807) is 6.20 Å². The zero-order valence-electron chi connectivity index (χ0n) is 10.4. The average Bonchev–Trinajstić information content (AvgIpc) is 2.76. The fourth-order valence-electron chi connectivity index (χ4n) is 2.13. The van der Waals surface area contributed by atoms with E-state index in [4.69, 9.17) is 0 Å². The third-order valence-corrected chi connectivity index (χ3v) is 3.21. The van der Waals surface area contributed by atoms with E-state index >= 15 is 0 Å². The minimum absolute atomic E-state index is 0.215. The molecule has 0 aliphatic carbocycles. The van der Waals surface area contributed by atoms with Crippen molar-refractivity contribution in [3.8, 4) is 0 Å². The van der Waals surface area contributed by atoms with Crippen molar-refractivity contribution < 1.29 is 4.79 Å². The third kappa shape index (κ3) is 3.30. The summed E-state index contributed by atoms with van der Waals surface area (Å²) in [6.07, 6.45) is 5.32. The molecule has 1 aliphatic heterocycles. The van der Waals surface area contributed by atoms with Crippen LogP contribution in [-0.4, -0.2) is 40.2 Å². The number of piperidine rings is 1. The Morgan fingerprint density at radius 1 is 1.41 bits per heavy atom. The first-order chi connectivity index (χ1) is 8.27. The van der Waals surface area contributed by atoms with Crippen molar-refractivity contribution >= 4 is 5.91 Å². The van der Waals surface area contributed by atoms with Gasteiger partial charge in [0.1, 0.15) is 0 Å². The van der Waals surface area contributed by atoms with E-state index in [1.807, 2.05) is 22.7 Å². The molecule has 2 rings (SSSR count). The largest absolute Gasteiger partial charge is 0.342 e. The van der Waals surface area contributed by atoms with Gasteiger partial charge >= 0.3 is 0 Å². The summed E-state index contributed by atoms with van der Waals surface area (Å²) in [6, 6.07) is 1.96.